The van der Waals surface area contributed by atoms with Crippen LogP contribution in [0.25, 0.3) is 0 Å². The molecule has 0 aliphatic rings. The molecule has 4 nitrogen and oxygen atoms in total. The summed E-state index contributed by atoms with van der Waals surface area (Å²) < 4.78 is 1.10. The van der Waals surface area contributed by atoms with Gasteiger partial charge in [0.1, 0.15) is 18.0 Å². The predicted molar refractivity (Wildman–Crippen MR) is 77.7 cm³/mol. The summed E-state index contributed by atoms with van der Waals surface area (Å²) >= 11 is 3.52. The number of halogens is 1. The lowest BCUT2D eigenvalue weighted by Crippen LogP contribution is -2.05. The van der Waals surface area contributed by atoms with E-state index in [9.17, 15) is 0 Å². The van der Waals surface area contributed by atoms with Gasteiger partial charge in [-0.3, -0.25) is 0 Å². The summed E-state index contributed by atoms with van der Waals surface area (Å²) in [5.41, 5.74) is 1.20. The van der Waals surface area contributed by atoms with Crippen LogP contribution in [-0.4, -0.2) is 16.5 Å². The van der Waals surface area contributed by atoms with E-state index in [2.05, 4.69) is 42.6 Å². The predicted octanol–water partition coefficient (Wildman–Crippen LogP) is 3.28. The van der Waals surface area contributed by atoms with Gasteiger partial charge in [-0.1, -0.05) is 34.1 Å². The first-order chi connectivity index (χ1) is 8.79. The van der Waals surface area contributed by atoms with Crippen LogP contribution in [0.2, 0.25) is 0 Å². The highest BCUT2D eigenvalue weighted by Gasteiger charge is 2.00. The molecule has 0 aliphatic carbocycles. The maximum Gasteiger partial charge on any atom is 0.131 e. The zero-order valence-electron chi connectivity index (χ0n) is 10.2. The number of anilines is 2. The first kappa shape index (κ1) is 12.8. The van der Waals surface area contributed by atoms with Gasteiger partial charge in [0.2, 0.25) is 0 Å². The van der Waals surface area contributed by atoms with Crippen molar-refractivity contribution in [1.82, 2.24) is 9.97 Å². The average molecular weight is 307 g/mol. The number of hydrogen-bond donors (Lipinski definition) is 2. The normalized spacial score (nSPS) is 10.1. The SMILES string of the molecule is CCNc1cc(NCc2ccccc2Br)ncn1. The number of nitrogens with one attached hydrogen (secondary N) is 2. The Kier molecular flexibility index (Phi) is 4.52. The van der Waals surface area contributed by atoms with E-state index in [0.717, 1.165) is 29.2 Å². The van der Waals surface area contributed by atoms with Crippen LogP contribution >= 0.6 is 15.9 Å². The monoisotopic (exact) mass is 306 g/mol. The number of rotatable bonds is 5. The fraction of sp³-hybridized carbons (Fsp3) is 0.231. The Bertz CT molecular complexity index is 516. The largest absolute Gasteiger partial charge is 0.370 e. The van der Waals surface area contributed by atoms with Crippen LogP contribution in [-0.2, 0) is 6.54 Å². The van der Waals surface area contributed by atoms with Crippen molar-refractivity contribution in [2.24, 2.45) is 0 Å². The Morgan fingerprint density at radius 2 is 1.83 bits per heavy atom. The number of nitrogens with zero attached hydrogens (tertiary/aromatic N) is 2. The van der Waals surface area contributed by atoms with E-state index < -0.39 is 0 Å². The molecular weight excluding hydrogens is 292 g/mol. The van der Waals surface area contributed by atoms with Gasteiger partial charge in [0.25, 0.3) is 0 Å². The smallest absolute Gasteiger partial charge is 0.131 e. The van der Waals surface area contributed by atoms with Gasteiger partial charge < -0.3 is 10.6 Å². The molecule has 0 amide bonds. The molecule has 0 atom stereocenters. The van der Waals surface area contributed by atoms with Crippen molar-refractivity contribution in [2.75, 3.05) is 17.2 Å². The molecule has 1 aromatic heterocycles. The number of benzene rings is 1. The highest BCUT2D eigenvalue weighted by Crippen LogP contribution is 2.17. The van der Waals surface area contributed by atoms with Gasteiger partial charge in [0.15, 0.2) is 0 Å². The summed E-state index contributed by atoms with van der Waals surface area (Å²) in [5.74, 6) is 1.65. The molecule has 94 valence electrons. The summed E-state index contributed by atoms with van der Waals surface area (Å²) in [4.78, 5) is 8.32. The molecule has 2 rings (SSSR count). The van der Waals surface area contributed by atoms with E-state index in [0.29, 0.717) is 0 Å². The lowest BCUT2D eigenvalue weighted by Gasteiger charge is -2.08. The van der Waals surface area contributed by atoms with Crippen molar-refractivity contribution in [3.8, 4) is 0 Å². The van der Waals surface area contributed by atoms with Gasteiger partial charge in [-0.25, -0.2) is 9.97 Å². The molecule has 0 spiro atoms. The van der Waals surface area contributed by atoms with Gasteiger partial charge in [-0.15, -0.1) is 0 Å². The van der Waals surface area contributed by atoms with Crippen LogP contribution in [0.3, 0.4) is 0 Å². The molecule has 0 aliphatic heterocycles. The molecule has 0 unspecified atom stereocenters. The molecule has 18 heavy (non-hydrogen) atoms. The Labute approximate surface area is 115 Å². The topological polar surface area (TPSA) is 49.8 Å². The summed E-state index contributed by atoms with van der Waals surface area (Å²) in [5, 5.41) is 6.44. The average Bonchev–Trinajstić information content (AvgIpc) is 2.39. The Hall–Kier alpha value is -1.62. The van der Waals surface area contributed by atoms with Gasteiger partial charge in [-0.05, 0) is 18.6 Å². The first-order valence-electron chi connectivity index (χ1n) is 5.83. The van der Waals surface area contributed by atoms with E-state index in [4.69, 9.17) is 0 Å². The molecular formula is C13H15BrN4. The molecule has 1 aromatic carbocycles. The van der Waals surface area contributed by atoms with Crippen molar-refractivity contribution >= 4 is 27.6 Å². The lowest BCUT2D eigenvalue weighted by molar-refractivity contribution is 1.06. The van der Waals surface area contributed by atoms with E-state index in [-0.39, 0.29) is 0 Å². The maximum atomic E-state index is 4.19. The summed E-state index contributed by atoms with van der Waals surface area (Å²) in [6.07, 6.45) is 1.56. The molecule has 1 heterocycles. The van der Waals surface area contributed by atoms with E-state index in [1.54, 1.807) is 6.33 Å². The number of aromatic nitrogens is 2. The van der Waals surface area contributed by atoms with Crippen molar-refractivity contribution in [3.05, 3.63) is 46.7 Å². The molecule has 2 N–H and O–H groups in total. The molecule has 0 bridgehead atoms. The Balaban J connectivity index is 2.02. The molecule has 5 heteroatoms. The second-order valence-electron chi connectivity index (χ2n) is 3.76. The van der Waals surface area contributed by atoms with Crippen LogP contribution < -0.4 is 10.6 Å². The van der Waals surface area contributed by atoms with Crippen molar-refractivity contribution in [3.63, 3.8) is 0 Å². The van der Waals surface area contributed by atoms with Gasteiger partial charge in [-0.2, -0.15) is 0 Å². The second kappa shape index (κ2) is 6.35. The minimum absolute atomic E-state index is 0.726. The van der Waals surface area contributed by atoms with Crippen LogP contribution in [0.5, 0.6) is 0 Å². The Morgan fingerprint density at radius 3 is 2.56 bits per heavy atom. The zero-order valence-corrected chi connectivity index (χ0v) is 11.7. The second-order valence-corrected chi connectivity index (χ2v) is 4.62. The molecule has 0 fully saturated rings. The standard InChI is InChI=1S/C13H15BrN4/c1-2-15-12-7-13(18-9-17-12)16-8-10-5-3-4-6-11(10)14/h3-7,9H,2,8H2,1H3,(H2,15,16,17,18). The zero-order chi connectivity index (χ0) is 12.8. The van der Waals surface area contributed by atoms with Crippen molar-refractivity contribution in [2.45, 2.75) is 13.5 Å². The first-order valence-corrected chi connectivity index (χ1v) is 6.62. The third-order valence-corrected chi connectivity index (χ3v) is 3.22. The summed E-state index contributed by atoms with van der Waals surface area (Å²) in [6.45, 7) is 3.61. The van der Waals surface area contributed by atoms with Crippen LogP contribution in [0, 0.1) is 0 Å². The highest BCUT2D eigenvalue weighted by atomic mass is 79.9. The fourth-order valence-electron chi connectivity index (χ4n) is 1.56. The van der Waals surface area contributed by atoms with Crippen molar-refractivity contribution < 1.29 is 0 Å². The van der Waals surface area contributed by atoms with E-state index in [1.165, 1.54) is 5.56 Å². The summed E-state index contributed by atoms with van der Waals surface area (Å²) in [7, 11) is 0. The number of hydrogen-bond acceptors (Lipinski definition) is 4. The molecule has 0 saturated heterocycles. The third-order valence-electron chi connectivity index (χ3n) is 2.44. The molecule has 2 aromatic rings. The van der Waals surface area contributed by atoms with E-state index >= 15 is 0 Å². The highest BCUT2D eigenvalue weighted by molar-refractivity contribution is 9.10. The molecule has 0 radical (unpaired) electrons. The van der Waals surface area contributed by atoms with Gasteiger partial charge >= 0.3 is 0 Å². The maximum absolute atomic E-state index is 4.19. The molecule has 0 saturated carbocycles. The lowest BCUT2D eigenvalue weighted by atomic mass is 10.2. The van der Waals surface area contributed by atoms with Crippen LogP contribution in [0.1, 0.15) is 12.5 Å². The third kappa shape index (κ3) is 3.43. The quantitative estimate of drug-likeness (QED) is 0.890. The van der Waals surface area contributed by atoms with Crippen molar-refractivity contribution in [1.29, 1.82) is 0 Å². The summed E-state index contributed by atoms with van der Waals surface area (Å²) in [6, 6.07) is 10.0. The minimum atomic E-state index is 0.726. The fourth-order valence-corrected chi connectivity index (χ4v) is 1.98. The van der Waals surface area contributed by atoms with Crippen LogP contribution in [0.4, 0.5) is 11.6 Å². The van der Waals surface area contributed by atoms with E-state index in [1.807, 2.05) is 31.2 Å². The van der Waals surface area contributed by atoms with Gasteiger partial charge in [0, 0.05) is 23.6 Å². The Morgan fingerprint density at radius 1 is 1.11 bits per heavy atom. The van der Waals surface area contributed by atoms with Gasteiger partial charge in [0.05, 0.1) is 0 Å². The van der Waals surface area contributed by atoms with Crippen LogP contribution in [0.15, 0.2) is 41.1 Å². The minimum Gasteiger partial charge on any atom is -0.370 e.